The van der Waals surface area contributed by atoms with Crippen LogP contribution in [-0.2, 0) is 17.9 Å². The molecule has 2 aromatic heterocycles. The van der Waals surface area contributed by atoms with E-state index in [0.717, 1.165) is 16.5 Å². The van der Waals surface area contributed by atoms with Crippen molar-refractivity contribution in [2.45, 2.75) is 13.1 Å². The van der Waals surface area contributed by atoms with E-state index in [4.69, 9.17) is 26.1 Å². The van der Waals surface area contributed by atoms with E-state index in [1.807, 2.05) is 48.5 Å². The van der Waals surface area contributed by atoms with Crippen molar-refractivity contribution < 1.29 is 18.7 Å². The van der Waals surface area contributed by atoms with Crippen LogP contribution in [0.3, 0.4) is 0 Å². The van der Waals surface area contributed by atoms with Gasteiger partial charge in [0.2, 0.25) is 0 Å². The van der Waals surface area contributed by atoms with E-state index in [1.54, 1.807) is 24.3 Å². The molecule has 1 amide bonds. The molecule has 1 aliphatic rings. The summed E-state index contributed by atoms with van der Waals surface area (Å²) >= 11 is 6.78. The van der Waals surface area contributed by atoms with Gasteiger partial charge in [0.15, 0.2) is 11.5 Å². The minimum Gasteiger partial charge on any atom is -0.493 e. The zero-order valence-corrected chi connectivity index (χ0v) is 20.1. The van der Waals surface area contributed by atoms with E-state index in [1.165, 1.54) is 11.8 Å². The summed E-state index contributed by atoms with van der Waals surface area (Å²) in [5, 5.41) is 1.07. The molecular weight excluding hydrogens is 468 g/mol. The monoisotopic (exact) mass is 490 g/mol. The van der Waals surface area contributed by atoms with E-state index in [-0.39, 0.29) is 5.91 Å². The molecule has 4 aromatic rings. The van der Waals surface area contributed by atoms with Gasteiger partial charge in [-0.2, -0.15) is 0 Å². The summed E-state index contributed by atoms with van der Waals surface area (Å²) in [6, 6.07) is 19.4. The third-order valence-corrected chi connectivity index (χ3v) is 6.91. The minimum atomic E-state index is -0.109. The van der Waals surface area contributed by atoms with E-state index in [9.17, 15) is 4.79 Å². The van der Waals surface area contributed by atoms with E-state index < -0.39 is 0 Å². The Balaban J connectivity index is 1.37. The number of hydrogen-bond donors (Lipinski definition) is 0. The molecule has 0 unspecified atom stereocenters. The number of methoxy groups -OCH3 is 1. The summed E-state index contributed by atoms with van der Waals surface area (Å²) < 4.78 is 19.4. The quantitative estimate of drug-likeness (QED) is 0.232. The summed E-state index contributed by atoms with van der Waals surface area (Å²) in [4.78, 5) is 15.2. The van der Waals surface area contributed by atoms with Crippen LogP contribution in [0.15, 0.2) is 82.4 Å². The number of aromatic nitrogens is 1. The van der Waals surface area contributed by atoms with Crippen LogP contribution >= 0.6 is 24.0 Å². The molecule has 1 aliphatic heterocycles. The minimum absolute atomic E-state index is 0.109. The van der Waals surface area contributed by atoms with Gasteiger partial charge >= 0.3 is 0 Å². The highest BCUT2D eigenvalue weighted by Crippen LogP contribution is 2.35. The third-order valence-electron chi connectivity index (χ3n) is 5.53. The number of thioether (sulfide) groups is 1. The van der Waals surface area contributed by atoms with Gasteiger partial charge in [-0.25, -0.2) is 0 Å². The molecule has 0 radical (unpaired) electrons. The van der Waals surface area contributed by atoms with Crippen molar-refractivity contribution >= 4 is 51.2 Å². The number of nitrogens with zero attached hydrogens (tertiary/aromatic N) is 2. The molecule has 2 aromatic carbocycles. The molecule has 34 heavy (non-hydrogen) atoms. The molecule has 1 saturated heterocycles. The number of fused-ring (bicyclic) bond motifs is 1. The Labute approximate surface area is 206 Å². The largest absolute Gasteiger partial charge is 0.493 e. The van der Waals surface area contributed by atoms with Gasteiger partial charge in [0.1, 0.15) is 16.7 Å². The fourth-order valence-corrected chi connectivity index (χ4v) is 5.15. The second-order valence-electron chi connectivity index (χ2n) is 7.64. The molecule has 1 fully saturated rings. The Morgan fingerprint density at radius 1 is 1.06 bits per heavy atom. The third kappa shape index (κ3) is 4.47. The second kappa shape index (κ2) is 9.79. The highest BCUT2D eigenvalue weighted by atomic mass is 32.2. The van der Waals surface area contributed by atoms with Crippen molar-refractivity contribution in [1.29, 1.82) is 0 Å². The van der Waals surface area contributed by atoms with Crippen molar-refractivity contribution in [3.8, 4) is 11.5 Å². The Morgan fingerprint density at radius 3 is 2.65 bits per heavy atom. The normalized spacial score (nSPS) is 15.0. The van der Waals surface area contributed by atoms with E-state index >= 15 is 0 Å². The predicted molar refractivity (Wildman–Crippen MR) is 138 cm³/mol. The topological polar surface area (TPSA) is 56.8 Å². The number of hydrogen-bond acceptors (Lipinski definition) is 6. The lowest BCUT2D eigenvalue weighted by atomic mass is 10.1. The van der Waals surface area contributed by atoms with Crippen LogP contribution in [0.1, 0.15) is 11.3 Å². The maximum Gasteiger partial charge on any atom is 0.266 e. The molecule has 3 heterocycles. The lowest BCUT2D eigenvalue weighted by Gasteiger charge is -2.11. The fraction of sp³-hybridized carbons (Fsp3) is 0.154. The molecule has 0 saturated carbocycles. The van der Waals surface area contributed by atoms with Crippen LogP contribution in [0.2, 0.25) is 0 Å². The Bertz CT molecular complexity index is 1370. The molecule has 172 valence electrons. The standard InChI is InChI=1S/C26H22N2O4S2/c1-30-22-10-4-5-11-23(22)32-14-12-27-16-18(20-8-2-3-9-21(20)27)15-24-25(29)28(26(33)34-24)17-19-7-6-13-31-19/h2-11,13,15-16H,12,14,17H2,1H3/b24-15-. The van der Waals surface area contributed by atoms with Crippen molar-refractivity contribution in [3.63, 3.8) is 0 Å². The smallest absolute Gasteiger partial charge is 0.266 e. The van der Waals surface area contributed by atoms with Gasteiger partial charge in [-0.15, -0.1) is 0 Å². The van der Waals surface area contributed by atoms with Gasteiger partial charge in [-0.3, -0.25) is 9.69 Å². The zero-order valence-electron chi connectivity index (χ0n) is 18.5. The Hall–Kier alpha value is -3.49. The number of carbonyl (C=O) groups excluding carboxylic acids is 1. The average molecular weight is 491 g/mol. The summed E-state index contributed by atoms with van der Waals surface area (Å²) in [6.07, 6.45) is 5.56. The number of carbonyl (C=O) groups is 1. The Morgan fingerprint density at radius 2 is 1.85 bits per heavy atom. The van der Waals surface area contributed by atoms with Gasteiger partial charge in [0.25, 0.3) is 5.91 Å². The molecular formula is C26H22N2O4S2. The first-order valence-electron chi connectivity index (χ1n) is 10.8. The highest BCUT2D eigenvalue weighted by molar-refractivity contribution is 8.26. The molecule has 6 nitrogen and oxygen atoms in total. The highest BCUT2D eigenvalue weighted by Gasteiger charge is 2.32. The molecule has 0 aliphatic carbocycles. The van der Waals surface area contributed by atoms with Crippen LogP contribution in [0, 0.1) is 0 Å². The second-order valence-corrected chi connectivity index (χ2v) is 9.32. The fourth-order valence-electron chi connectivity index (χ4n) is 3.90. The number of furan rings is 1. The van der Waals surface area contributed by atoms with Crippen LogP contribution in [0.25, 0.3) is 17.0 Å². The van der Waals surface area contributed by atoms with Crippen LogP contribution < -0.4 is 9.47 Å². The van der Waals surface area contributed by atoms with Gasteiger partial charge in [-0.1, -0.05) is 54.3 Å². The number of rotatable bonds is 8. The lowest BCUT2D eigenvalue weighted by Crippen LogP contribution is -2.27. The van der Waals surface area contributed by atoms with Crippen molar-refractivity contribution in [3.05, 3.63) is 89.4 Å². The predicted octanol–water partition coefficient (Wildman–Crippen LogP) is 5.72. The summed E-state index contributed by atoms with van der Waals surface area (Å²) in [7, 11) is 1.63. The van der Waals surface area contributed by atoms with Gasteiger partial charge in [0.05, 0.1) is 31.4 Å². The molecule has 5 rings (SSSR count). The van der Waals surface area contributed by atoms with Gasteiger partial charge < -0.3 is 18.5 Å². The SMILES string of the molecule is COc1ccccc1OCCn1cc(/C=C2\SC(=S)N(Cc3ccco3)C2=O)c2ccccc21. The zero-order chi connectivity index (χ0) is 23.5. The molecule has 0 bridgehead atoms. The van der Waals surface area contributed by atoms with Gasteiger partial charge in [0, 0.05) is 22.7 Å². The summed E-state index contributed by atoms with van der Waals surface area (Å²) in [5.41, 5.74) is 2.04. The lowest BCUT2D eigenvalue weighted by molar-refractivity contribution is -0.122. The number of thiocarbonyl (C=S) groups is 1. The first-order valence-corrected chi connectivity index (χ1v) is 12.0. The van der Waals surface area contributed by atoms with Crippen molar-refractivity contribution in [2.24, 2.45) is 0 Å². The molecule has 8 heteroatoms. The van der Waals surface area contributed by atoms with Gasteiger partial charge in [-0.05, 0) is 36.4 Å². The summed E-state index contributed by atoms with van der Waals surface area (Å²) in [6.45, 7) is 1.45. The first-order chi connectivity index (χ1) is 16.6. The van der Waals surface area contributed by atoms with E-state index in [0.29, 0.717) is 46.2 Å². The Kier molecular flexibility index (Phi) is 6.42. The molecule has 0 spiro atoms. The first kappa shape index (κ1) is 22.3. The summed E-state index contributed by atoms with van der Waals surface area (Å²) in [5.74, 6) is 2.01. The van der Waals surface area contributed by atoms with Crippen molar-refractivity contribution in [2.75, 3.05) is 13.7 Å². The molecule has 0 N–H and O–H groups in total. The van der Waals surface area contributed by atoms with Crippen LogP contribution in [0.4, 0.5) is 0 Å². The van der Waals surface area contributed by atoms with Crippen LogP contribution in [0.5, 0.6) is 11.5 Å². The average Bonchev–Trinajstić information content (AvgIpc) is 3.56. The number of amides is 1. The van der Waals surface area contributed by atoms with Crippen molar-refractivity contribution in [1.82, 2.24) is 9.47 Å². The van der Waals surface area contributed by atoms with Crippen LogP contribution in [-0.4, -0.2) is 33.4 Å². The number of para-hydroxylation sites is 3. The number of ether oxygens (including phenoxy) is 2. The maximum atomic E-state index is 13.0. The number of benzene rings is 2. The van der Waals surface area contributed by atoms with E-state index in [2.05, 4.69) is 22.9 Å². The maximum absolute atomic E-state index is 13.0. The molecule has 0 atom stereocenters.